The molecule has 0 atom stereocenters. The van der Waals surface area contributed by atoms with Crippen molar-refractivity contribution >= 4 is 17.5 Å². The fourth-order valence-electron chi connectivity index (χ4n) is 3.20. The first-order valence-electron chi connectivity index (χ1n) is 7.90. The van der Waals surface area contributed by atoms with Gasteiger partial charge in [0.15, 0.2) is 17.3 Å². The Morgan fingerprint density at radius 2 is 1.87 bits per heavy atom. The Labute approximate surface area is 138 Å². The molecule has 0 unspecified atom stereocenters. The van der Waals surface area contributed by atoms with Crippen LogP contribution in [0.15, 0.2) is 28.5 Å². The van der Waals surface area contributed by atoms with Crippen LogP contribution in [0.5, 0.6) is 11.5 Å². The summed E-state index contributed by atoms with van der Waals surface area (Å²) < 4.78 is 1.86. The number of benzene rings is 1. The van der Waals surface area contributed by atoms with Gasteiger partial charge in [0, 0.05) is 17.2 Å². The SMILES string of the molecule is Oc1ccc(C2=Nn3c(nnc3C3CCCCC3)SC2)cc1O. The fourth-order valence-corrected chi connectivity index (χ4v) is 4.05. The van der Waals surface area contributed by atoms with Crippen LogP contribution < -0.4 is 0 Å². The van der Waals surface area contributed by atoms with Gasteiger partial charge in [-0.2, -0.15) is 9.78 Å². The molecular formula is C16H18N4O2S. The van der Waals surface area contributed by atoms with Crippen molar-refractivity contribution in [1.82, 2.24) is 14.9 Å². The van der Waals surface area contributed by atoms with Crippen LogP contribution >= 0.6 is 11.8 Å². The molecule has 2 heterocycles. The van der Waals surface area contributed by atoms with Crippen molar-refractivity contribution in [3.63, 3.8) is 0 Å². The number of phenolic OH excluding ortho intramolecular Hbond substituents is 2. The second kappa shape index (κ2) is 5.88. The van der Waals surface area contributed by atoms with Crippen LogP contribution in [0.25, 0.3) is 0 Å². The van der Waals surface area contributed by atoms with Crippen molar-refractivity contribution in [2.24, 2.45) is 5.10 Å². The van der Waals surface area contributed by atoms with E-state index in [-0.39, 0.29) is 11.5 Å². The number of rotatable bonds is 2. The maximum Gasteiger partial charge on any atom is 0.212 e. The summed E-state index contributed by atoms with van der Waals surface area (Å²) in [5.41, 5.74) is 1.66. The number of thioether (sulfide) groups is 1. The lowest BCUT2D eigenvalue weighted by molar-refractivity contribution is 0.403. The van der Waals surface area contributed by atoms with E-state index in [1.807, 2.05) is 4.68 Å². The maximum absolute atomic E-state index is 9.70. The summed E-state index contributed by atoms with van der Waals surface area (Å²) in [7, 11) is 0. The Morgan fingerprint density at radius 3 is 2.65 bits per heavy atom. The lowest BCUT2D eigenvalue weighted by Gasteiger charge is -2.21. The first kappa shape index (κ1) is 14.6. The molecule has 2 N–H and O–H groups in total. The molecule has 0 amide bonds. The maximum atomic E-state index is 9.70. The number of phenols is 2. The van der Waals surface area contributed by atoms with Crippen molar-refractivity contribution in [1.29, 1.82) is 0 Å². The highest BCUT2D eigenvalue weighted by atomic mass is 32.2. The molecule has 1 aromatic carbocycles. The van der Waals surface area contributed by atoms with Gasteiger partial charge in [0.1, 0.15) is 0 Å². The zero-order chi connectivity index (χ0) is 15.8. The Morgan fingerprint density at radius 1 is 1.04 bits per heavy atom. The number of hydrogen-bond donors (Lipinski definition) is 2. The standard InChI is InChI=1S/C16H18N4O2S/c21-13-7-6-11(8-14(13)22)12-9-23-16-18-17-15(20(16)19-12)10-4-2-1-3-5-10/h6-8,10,21-22H,1-5,9H2. The van der Waals surface area contributed by atoms with Gasteiger partial charge < -0.3 is 10.2 Å². The molecule has 23 heavy (non-hydrogen) atoms. The molecule has 1 aliphatic heterocycles. The molecule has 4 rings (SSSR count). The van der Waals surface area contributed by atoms with E-state index in [1.54, 1.807) is 23.9 Å². The lowest BCUT2D eigenvalue weighted by atomic mass is 9.89. The largest absolute Gasteiger partial charge is 0.504 e. The molecule has 2 aliphatic rings. The highest BCUT2D eigenvalue weighted by Gasteiger charge is 2.26. The van der Waals surface area contributed by atoms with Crippen LogP contribution in [0.4, 0.5) is 0 Å². The molecule has 1 saturated carbocycles. The van der Waals surface area contributed by atoms with Gasteiger partial charge >= 0.3 is 0 Å². The van der Waals surface area contributed by atoms with Crippen LogP contribution in [0.2, 0.25) is 0 Å². The van der Waals surface area contributed by atoms with Crippen LogP contribution in [0.1, 0.15) is 49.4 Å². The van der Waals surface area contributed by atoms with Gasteiger partial charge in [0.2, 0.25) is 5.16 Å². The van der Waals surface area contributed by atoms with Gasteiger partial charge in [-0.25, -0.2) is 0 Å². The van der Waals surface area contributed by atoms with Crippen LogP contribution in [0, 0.1) is 0 Å². The molecule has 0 saturated heterocycles. The molecule has 6 nitrogen and oxygen atoms in total. The van der Waals surface area contributed by atoms with E-state index in [1.165, 1.54) is 25.3 Å². The summed E-state index contributed by atoms with van der Waals surface area (Å²) in [6, 6.07) is 4.80. The zero-order valence-electron chi connectivity index (χ0n) is 12.6. The number of aromatic nitrogens is 3. The molecule has 1 aromatic heterocycles. The minimum absolute atomic E-state index is 0.120. The molecule has 2 aromatic rings. The van der Waals surface area contributed by atoms with E-state index in [0.29, 0.717) is 11.7 Å². The van der Waals surface area contributed by atoms with Crippen molar-refractivity contribution < 1.29 is 10.2 Å². The minimum Gasteiger partial charge on any atom is -0.504 e. The normalized spacial score (nSPS) is 18.5. The number of aromatic hydroxyl groups is 2. The molecule has 0 spiro atoms. The molecule has 1 fully saturated rings. The van der Waals surface area contributed by atoms with E-state index < -0.39 is 0 Å². The second-order valence-electron chi connectivity index (χ2n) is 6.03. The van der Waals surface area contributed by atoms with Gasteiger partial charge in [-0.3, -0.25) is 0 Å². The van der Waals surface area contributed by atoms with E-state index in [0.717, 1.165) is 35.1 Å². The van der Waals surface area contributed by atoms with Gasteiger partial charge in [-0.15, -0.1) is 10.2 Å². The minimum atomic E-state index is -0.128. The Hall–Kier alpha value is -2.02. The third-order valence-electron chi connectivity index (χ3n) is 4.47. The molecule has 1 aliphatic carbocycles. The number of nitrogens with zero attached hydrogens (tertiary/aromatic N) is 4. The topological polar surface area (TPSA) is 83.5 Å². The smallest absolute Gasteiger partial charge is 0.212 e. The summed E-state index contributed by atoms with van der Waals surface area (Å²) in [6.07, 6.45) is 6.07. The van der Waals surface area contributed by atoms with Crippen LogP contribution in [-0.4, -0.2) is 36.6 Å². The number of fused-ring (bicyclic) bond motifs is 1. The van der Waals surface area contributed by atoms with Crippen molar-refractivity contribution in [3.8, 4) is 11.5 Å². The average molecular weight is 330 g/mol. The predicted molar refractivity (Wildman–Crippen MR) is 88.3 cm³/mol. The molecule has 7 heteroatoms. The molecular weight excluding hydrogens is 312 g/mol. The second-order valence-corrected chi connectivity index (χ2v) is 6.97. The van der Waals surface area contributed by atoms with Crippen molar-refractivity contribution in [3.05, 3.63) is 29.6 Å². The average Bonchev–Trinajstić information content (AvgIpc) is 3.01. The summed E-state index contributed by atoms with van der Waals surface area (Å²) in [5.74, 6) is 1.81. The highest BCUT2D eigenvalue weighted by molar-refractivity contribution is 7.99. The summed E-state index contributed by atoms with van der Waals surface area (Å²) in [4.78, 5) is 0. The molecule has 0 bridgehead atoms. The molecule has 0 radical (unpaired) electrons. The van der Waals surface area contributed by atoms with Gasteiger partial charge in [-0.1, -0.05) is 31.0 Å². The predicted octanol–water partition coefficient (Wildman–Crippen LogP) is 3.10. The van der Waals surface area contributed by atoms with Crippen molar-refractivity contribution in [2.45, 2.75) is 43.2 Å². The van der Waals surface area contributed by atoms with Gasteiger partial charge in [0.25, 0.3) is 0 Å². The Kier molecular flexibility index (Phi) is 3.72. The van der Waals surface area contributed by atoms with E-state index in [9.17, 15) is 10.2 Å². The summed E-state index contributed by atoms with van der Waals surface area (Å²) in [5, 5.41) is 33.4. The van der Waals surface area contributed by atoms with Gasteiger partial charge in [0.05, 0.1) is 5.71 Å². The molecule has 120 valence electrons. The lowest BCUT2D eigenvalue weighted by Crippen LogP contribution is -2.17. The van der Waals surface area contributed by atoms with E-state index in [4.69, 9.17) is 5.10 Å². The zero-order valence-corrected chi connectivity index (χ0v) is 13.5. The Bertz CT molecular complexity index is 765. The summed E-state index contributed by atoms with van der Waals surface area (Å²) in [6.45, 7) is 0. The fraction of sp³-hybridized carbons (Fsp3) is 0.438. The van der Waals surface area contributed by atoms with Gasteiger partial charge in [-0.05, 0) is 31.0 Å². The van der Waals surface area contributed by atoms with Crippen molar-refractivity contribution in [2.75, 3.05) is 5.75 Å². The summed E-state index contributed by atoms with van der Waals surface area (Å²) >= 11 is 1.60. The van der Waals surface area contributed by atoms with Crippen LogP contribution in [-0.2, 0) is 0 Å². The quantitative estimate of drug-likeness (QED) is 0.827. The van der Waals surface area contributed by atoms with E-state index in [2.05, 4.69) is 10.2 Å². The Balaban J connectivity index is 1.70. The monoisotopic (exact) mass is 330 g/mol. The third kappa shape index (κ3) is 2.69. The number of hydrogen-bond acceptors (Lipinski definition) is 6. The third-order valence-corrected chi connectivity index (χ3v) is 5.40. The van der Waals surface area contributed by atoms with Crippen LogP contribution in [0.3, 0.4) is 0 Å². The first-order chi connectivity index (χ1) is 11.2. The first-order valence-corrected chi connectivity index (χ1v) is 8.89. The highest BCUT2D eigenvalue weighted by Crippen LogP contribution is 2.35. The van der Waals surface area contributed by atoms with E-state index >= 15 is 0 Å².